The Bertz CT molecular complexity index is 371. The van der Waals surface area contributed by atoms with Gasteiger partial charge in [-0.25, -0.2) is 4.79 Å². The van der Waals surface area contributed by atoms with Gasteiger partial charge in [0.25, 0.3) is 0 Å². The number of rotatable bonds is 1. The molecule has 0 bridgehead atoms. The first kappa shape index (κ1) is 9.21. The minimum absolute atomic E-state index is 0.245. The molecule has 2 rings (SSSR count). The van der Waals surface area contributed by atoms with Crippen LogP contribution in [0.2, 0.25) is 0 Å². The first-order valence-electron chi connectivity index (χ1n) is 4.73. The molecule has 2 N–H and O–H groups in total. The number of hydrogen-bond donors (Lipinski definition) is 2. The van der Waals surface area contributed by atoms with E-state index in [2.05, 4.69) is 0 Å². The molecule has 0 saturated carbocycles. The fourth-order valence-corrected chi connectivity index (χ4v) is 2.04. The predicted molar refractivity (Wildman–Crippen MR) is 51.3 cm³/mol. The molecule has 1 aliphatic rings. The van der Waals surface area contributed by atoms with Gasteiger partial charge in [-0.05, 0) is 36.5 Å². The Morgan fingerprint density at radius 3 is 2.93 bits per heavy atom. The third kappa shape index (κ3) is 1.40. The summed E-state index contributed by atoms with van der Waals surface area (Å²) in [5, 5.41) is 18.7. The molecule has 0 amide bonds. The zero-order valence-corrected chi connectivity index (χ0v) is 7.73. The Labute approximate surface area is 82.0 Å². The SMILES string of the molecule is O=C(O)c1cccc2c1C(O)CCC2. The third-order valence-electron chi connectivity index (χ3n) is 2.68. The minimum Gasteiger partial charge on any atom is -0.478 e. The van der Waals surface area contributed by atoms with Gasteiger partial charge in [-0.1, -0.05) is 12.1 Å². The average Bonchev–Trinajstić information content (AvgIpc) is 2.17. The minimum atomic E-state index is -0.956. The smallest absolute Gasteiger partial charge is 0.336 e. The second-order valence-corrected chi connectivity index (χ2v) is 3.59. The van der Waals surface area contributed by atoms with Gasteiger partial charge < -0.3 is 10.2 Å². The molecule has 74 valence electrons. The van der Waals surface area contributed by atoms with Crippen LogP contribution in [0, 0.1) is 0 Å². The number of carbonyl (C=O) groups is 1. The predicted octanol–water partition coefficient (Wildman–Crippen LogP) is 1.75. The first-order chi connectivity index (χ1) is 6.70. The van der Waals surface area contributed by atoms with E-state index in [9.17, 15) is 9.90 Å². The van der Waals surface area contributed by atoms with Crippen LogP contribution in [-0.4, -0.2) is 16.2 Å². The van der Waals surface area contributed by atoms with Gasteiger partial charge in [0.15, 0.2) is 0 Å². The van der Waals surface area contributed by atoms with E-state index < -0.39 is 12.1 Å². The topological polar surface area (TPSA) is 57.5 Å². The van der Waals surface area contributed by atoms with Crippen molar-refractivity contribution in [3.8, 4) is 0 Å². The number of benzene rings is 1. The van der Waals surface area contributed by atoms with Gasteiger partial charge in [-0.2, -0.15) is 0 Å². The van der Waals surface area contributed by atoms with Crippen molar-refractivity contribution in [1.82, 2.24) is 0 Å². The maximum Gasteiger partial charge on any atom is 0.336 e. The molecular formula is C11H12O3. The van der Waals surface area contributed by atoms with Crippen molar-refractivity contribution in [3.63, 3.8) is 0 Å². The highest BCUT2D eigenvalue weighted by atomic mass is 16.4. The van der Waals surface area contributed by atoms with Crippen LogP contribution in [0.1, 0.15) is 40.4 Å². The van der Waals surface area contributed by atoms with Gasteiger partial charge in [0.05, 0.1) is 11.7 Å². The molecule has 14 heavy (non-hydrogen) atoms. The largest absolute Gasteiger partial charge is 0.478 e. The molecule has 0 aromatic heterocycles. The summed E-state index contributed by atoms with van der Waals surface area (Å²) in [6.45, 7) is 0. The zero-order chi connectivity index (χ0) is 10.1. The molecule has 1 unspecified atom stereocenters. The summed E-state index contributed by atoms with van der Waals surface area (Å²) >= 11 is 0. The third-order valence-corrected chi connectivity index (χ3v) is 2.68. The van der Waals surface area contributed by atoms with Crippen molar-refractivity contribution in [2.45, 2.75) is 25.4 Å². The second kappa shape index (κ2) is 3.42. The van der Waals surface area contributed by atoms with Crippen LogP contribution in [0.5, 0.6) is 0 Å². The molecule has 0 radical (unpaired) electrons. The van der Waals surface area contributed by atoms with Crippen molar-refractivity contribution >= 4 is 5.97 Å². The normalized spacial score (nSPS) is 20.2. The molecule has 0 saturated heterocycles. The standard InChI is InChI=1S/C11H12O3/c12-9-6-2-4-7-3-1-5-8(10(7)9)11(13)14/h1,3,5,9,12H,2,4,6H2,(H,13,14). The number of carboxylic acids is 1. The Morgan fingerprint density at radius 1 is 1.43 bits per heavy atom. The van der Waals surface area contributed by atoms with E-state index in [4.69, 9.17) is 5.11 Å². The van der Waals surface area contributed by atoms with Crippen LogP contribution in [0.25, 0.3) is 0 Å². The van der Waals surface area contributed by atoms with Gasteiger partial charge in [-0.15, -0.1) is 0 Å². The van der Waals surface area contributed by atoms with Crippen molar-refractivity contribution < 1.29 is 15.0 Å². The molecule has 1 aromatic carbocycles. The van der Waals surface area contributed by atoms with E-state index in [1.54, 1.807) is 12.1 Å². The van der Waals surface area contributed by atoms with E-state index in [0.717, 1.165) is 18.4 Å². The van der Waals surface area contributed by atoms with Gasteiger partial charge >= 0.3 is 5.97 Å². The van der Waals surface area contributed by atoms with Crippen LogP contribution >= 0.6 is 0 Å². The van der Waals surface area contributed by atoms with Crippen molar-refractivity contribution in [1.29, 1.82) is 0 Å². The Balaban J connectivity index is 2.57. The van der Waals surface area contributed by atoms with Crippen LogP contribution < -0.4 is 0 Å². The van der Waals surface area contributed by atoms with E-state index in [1.807, 2.05) is 6.07 Å². The summed E-state index contributed by atoms with van der Waals surface area (Å²) in [6.07, 6.45) is 1.85. The molecule has 0 fully saturated rings. The second-order valence-electron chi connectivity index (χ2n) is 3.59. The lowest BCUT2D eigenvalue weighted by Gasteiger charge is -2.22. The number of aliphatic hydroxyl groups excluding tert-OH is 1. The summed E-state index contributed by atoms with van der Waals surface area (Å²) in [7, 11) is 0. The average molecular weight is 192 g/mol. The highest BCUT2D eigenvalue weighted by Gasteiger charge is 2.23. The maximum atomic E-state index is 10.9. The monoisotopic (exact) mass is 192 g/mol. The molecule has 0 aliphatic heterocycles. The zero-order valence-electron chi connectivity index (χ0n) is 7.73. The number of fused-ring (bicyclic) bond motifs is 1. The molecule has 1 aliphatic carbocycles. The molecule has 1 aromatic rings. The number of aryl methyl sites for hydroxylation is 1. The Hall–Kier alpha value is -1.35. The van der Waals surface area contributed by atoms with Gasteiger partial charge in [0.1, 0.15) is 0 Å². The lowest BCUT2D eigenvalue weighted by atomic mass is 9.86. The van der Waals surface area contributed by atoms with Gasteiger partial charge in [0, 0.05) is 0 Å². The van der Waals surface area contributed by atoms with Crippen LogP contribution in [0.15, 0.2) is 18.2 Å². The van der Waals surface area contributed by atoms with Crippen molar-refractivity contribution in [3.05, 3.63) is 34.9 Å². The lowest BCUT2D eigenvalue weighted by Crippen LogP contribution is -2.14. The number of hydrogen-bond acceptors (Lipinski definition) is 2. The fraction of sp³-hybridized carbons (Fsp3) is 0.364. The van der Waals surface area contributed by atoms with Crippen molar-refractivity contribution in [2.24, 2.45) is 0 Å². The maximum absolute atomic E-state index is 10.9. The van der Waals surface area contributed by atoms with Crippen LogP contribution in [0.3, 0.4) is 0 Å². The molecular weight excluding hydrogens is 180 g/mol. The summed E-state index contributed by atoms with van der Waals surface area (Å²) in [5.74, 6) is -0.956. The number of aromatic carboxylic acids is 1. The first-order valence-corrected chi connectivity index (χ1v) is 4.73. The quantitative estimate of drug-likeness (QED) is 0.712. The Morgan fingerprint density at radius 2 is 2.21 bits per heavy atom. The molecule has 3 heteroatoms. The van der Waals surface area contributed by atoms with Gasteiger partial charge in [-0.3, -0.25) is 0 Å². The number of carboxylic acid groups (broad SMARTS) is 1. The summed E-state index contributed by atoms with van der Waals surface area (Å²) < 4.78 is 0. The highest BCUT2D eigenvalue weighted by molar-refractivity contribution is 5.90. The highest BCUT2D eigenvalue weighted by Crippen LogP contribution is 2.32. The van der Waals surface area contributed by atoms with Crippen LogP contribution in [0.4, 0.5) is 0 Å². The van der Waals surface area contributed by atoms with E-state index in [-0.39, 0.29) is 5.56 Å². The molecule has 0 spiro atoms. The van der Waals surface area contributed by atoms with E-state index >= 15 is 0 Å². The fourth-order valence-electron chi connectivity index (χ4n) is 2.04. The van der Waals surface area contributed by atoms with Crippen molar-refractivity contribution in [2.75, 3.05) is 0 Å². The van der Waals surface area contributed by atoms with E-state index in [0.29, 0.717) is 12.0 Å². The van der Waals surface area contributed by atoms with E-state index in [1.165, 1.54) is 0 Å². The molecule has 0 heterocycles. The molecule has 3 nitrogen and oxygen atoms in total. The summed E-state index contributed by atoms with van der Waals surface area (Å²) in [6, 6.07) is 5.18. The Kier molecular flexibility index (Phi) is 2.25. The number of aliphatic hydroxyl groups is 1. The van der Waals surface area contributed by atoms with Crippen LogP contribution in [-0.2, 0) is 6.42 Å². The van der Waals surface area contributed by atoms with Gasteiger partial charge in [0.2, 0.25) is 0 Å². The summed E-state index contributed by atoms with van der Waals surface area (Å²) in [4.78, 5) is 10.9. The summed E-state index contributed by atoms with van der Waals surface area (Å²) in [5.41, 5.74) is 1.84. The lowest BCUT2D eigenvalue weighted by molar-refractivity contribution is 0.0686. The molecule has 1 atom stereocenters.